The summed E-state index contributed by atoms with van der Waals surface area (Å²) >= 11 is 0. The van der Waals surface area contributed by atoms with Gasteiger partial charge in [0.15, 0.2) is 0 Å². The molecule has 0 amide bonds. The Labute approximate surface area is 135 Å². The van der Waals surface area contributed by atoms with Gasteiger partial charge in [0, 0.05) is 0 Å². The Hall–Kier alpha value is -1.95. The van der Waals surface area contributed by atoms with Gasteiger partial charge < -0.3 is 0 Å². The van der Waals surface area contributed by atoms with Crippen molar-refractivity contribution in [2.75, 3.05) is 0 Å². The Morgan fingerprint density at radius 3 is 1.24 bits per heavy atom. The summed E-state index contributed by atoms with van der Waals surface area (Å²) in [5, 5.41) is 0. The van der Waals surface area contributed by atoms with Crippen molar-refractivity contribution in [3.63, 3.8) is 0 Å². The molecule has 6 rings (SSSR count). The van der Waals surface area contributed by atoms with Crippen LogP contribution in [0.3, 0.4) is 0 Å². The SMILES string of the molecule is [Cu+].c1ccc2c(c1)[C-]1c3ccccc3C2c2ccccc21. The normalized spacial score (nSPS) is 14.0. The van der Waals surface area contributed by atoms with Crippen molar-refractivity contribution in [3.8, 4) is 0 Å². The van der Waals surface area contributed by atoms with Crippen molar-refractivity contribution < 1.29 is 17.1 Å². The predicted molar refractivity (Wildman–Crippen MR) is 80.8 cm³/mol. The summed E-state index contributed by atoms with van der Waals surface area (Å²) in [6.07, 6.45) is 0. The van der Waals surface area contributed by atoms with Gasteiger partial charge in [0.2, 0.25) is 0 Å². The number of rotatable bonds is 0. The molecule has 0 unspecified atom stereocenters. The smallest absolute Gasteiger partial charge is 0.0996 e. The number of benzene rings is 3. The monoisotopic (exact) mass is 316 g/mol. The van der Waals surface area contributed by atoms with Crippen LogP contribution < -0.4 is 0 Å². The van der Waals surface area contributed by atoms with Crippen molar-refractivity contribution in [2.45, 2.75) is 5.92 Å². The largest absolute Gasteiger partial charge is 1.00 e. The molecule has 0 N–H and O–H groups in total. The Morgan fingerprint density at radius 2 is 0.857 bits per heavy atom. The first-order valence-electron chi connectivity index (χ1n) is 7.10. The summed E-state index contributed by atoms with van der Waals surface area (Å²) in [5.41, 5.74) is 8.61. The standard InChI is InChI=1S/C20H13.Cu/c1-2-8-14-13(7-1)19-15-9-3-5-11-17(15)20(14)18-12-6-4-10-16(18)19;/h1-12,19H;/q-1;+1. The molecule has 0 aromatic heterocycles. The Balaban J connectivity index is 0.00000115. The van der Waals surface area contributed by atoms with Gasteiger partial charge in [-0.2, -0.15) is 0 Å². The molecule has 2 bridgehead atoms. The minimum absolute atomic E-state index is 0. The van der Waals surface area contributed by atoms with E-state index in [2.05, 4.69) is 72.8 Å². The molecule has 3 aliphatic rings. The minimum atomic E-state index is 0. The summed E-state index contributed by atoms with van der Waals surface area (Å²) in [6, 6.07) is 26.6. The summed E-state index contributed by atoms with van der Waals surface area (Å²) < 4.78 is 0. The van der Waals surface area contributed by atoms with Crippen molar-refractivity contribution in [1.82, 2.24) is 0 Å². The van der Waals surface area contributed by atoms with E-state index in [0.29, 0.717) is 5.92 Å². The van der Waals surface area contributed by atoms with Gasteiger partial charge in [0.1, 0.15) is 0 Å². The van der Waals surface area contributed by atoms with Gasteiger partial charge in [-0.25, -0.2) is 0 Å². The van der Waals surface area contributed by atoms with Crippen molar-refractivity contribution in [2.24, 2.45) is 0 Å². The van der Waals surface area contributed by atoms with Crippen LogP contribution in [0.15, 0.2) is 72.8 Å². The first kappa shape index (κ1) is 12.8. The molecule has 0 aliphatic heterocycles. The fourth-order valence-corrected chi connectivity index (χ4v) is 3.87. The van der Waals surface area contributed by atoms with Crippen LogP contribution in [0.25, 0.3) is 0 Å². The molecule has 3 aliphatic carbocycles. The predicted octanol–water partition coefficient (Wildman–Crippen LogP) is 4.51. The second-order valence-electron chi connectivity index (χ2n) is 5.57. The zero-order valence-electron chi connectivity index (χ0n) is 11.3. The second-order valence-corrected chi connectivity index (χ2v) is 5.57. The van der Waals surface area contributed by atoms with E-state index in [0.717, 1.165) is 0 Å². The molecule has 0 atom stereocenters. The van der Waals surface area contributed by atoms with Gasteiger partial charge in [0.25, 0.3) is 0 Å². The molecule has 3 aromatic carbocycles. The van der Waals surface area contributed by atoms with Crippen LogP contribution in [0, 0.1) is 5.92 Å². The summed E-state index contributed by atoms with van der Waals surface area (Å²) in [4.78, 5) is 0. The van der Waals surface area contributed by atoms with E-state index in [1.165, 1.54) is 39.3 Å². The second kappa shape index (κ2) is 4.53. The van der Waals surface area contributed by atoms with Crippen LogP contribution >= 0.6 is 0 Å². The maximum absolute atomic E-state index is 2.28. The van der Waals surface area contributed by atoms with Crippen LogP contribution in [-0.4, -0.2) is 0 Å². The van der Waals surface area contributed by atoms with Crippen LogP contribution in [0.2, 0.25) is 0 Å². The summed E-state index contributed by atoms with van der Waals surface area (Å²) in [5.74, 6) is 1.81. The molecule has 0 saturated carbocycles. The third kappa shape index (κ3) is 1.53. The van der Waals surface area contributed by atoms with Gasteiger partial charge in [-0.3, -0.25) is 0 Å². The molecule has 0 spiro atoms. The molecular formula is C20H13Cu. The average Bonchev–Trinajstić information content (AvgIpc) is 2.54. The molecule has 1 heteroatoms. The van der Waals surface area contributed by atoms with Crippen LogP contribution in [0.5, 0.6) is 0 Å². The van der Waals surface area contributed by atoms with E-state index in [-0.39, 0.29) is 17.1 Å². The topological polar surface area (TPSA) is 0 Å². The Morgan fingerprint density at radius 1 is 0.524 bits per heavy atom. The summed E-state index contributed by atoms with van der Waals surface area (Å²) in [6.45, 7) is 0. The maximum Gasteiger partial charge on any atom is 1.00 e. The summed E-state index contributed by atoms with van der Waals surface area (Å²) in [7, 11) is 0. The van der Waals surface area contributed by atoms with Gasteiger partial charge in [-0.15, -0.1) is 0 Å². The third-order valence-electron chi connectivity index (χ3n) is 4.62. The van der Waals surface area contributed by atoms with E-state index >= 15 is 0 Å². The molecule has 0 fully saturated rings. The van der Waals surface area contributed by atoms with Crippen molar-refractivity contribution >= 4 is 0 Å². The Kier molecular flexibility index (Phi) is 2.75. The minimum Gasteiger partial charge on any atom is -0.0996 e. The number of hydrogen-bond donors (Lipinski definition) is 0. The molecule has 0 heterocycles. The zero-order valence-corrected chi connectivity index (χ0v) is 12.2. The fourth-order valence-electron chi connectivity index (χ4n) is 3.87. The maximum atomic E-state index is 2.28. The molecule has 0 saturated heterocycles. The first-order valence-corrected chi connectivity index (χ1v) is 7.10. The molecular weight excluding hydrogens is 304 g/mol. The van der Waals surface area contributed by atoms with E-state index in [4.69, 9.17) is 0 Å². The van der Waals surface area contributed by atoms with Gasteiger partial charge in [0.05, 0.1) is 0 Å². The third-order valence-corrected chi connectivity index (χ3v) is 4.62. The van der Waals surface area contributed by atoms with Gasteiger partial charge in [-0.1, -0.05) is 112 Å². The van der Waals surface area contributed by atoms with E-state index in [1.54, 1.807) is 0 Å². The zero-order chi connectivity index (χ0) is 13.1. The quantitative estimate of drug-likeness (QED) is 0.291. The molecule has 104 valence electrons. The molecule has 0 nitrogen and oxygen atoms in total. The molecule has 3 aromatic rings. The first-order chi connectivity index (χ1) is 9.95. The van der Waals surface area contributed by atoms with E-state index in [1.807, 2.05) is 0 Å². The van der Waals surface area contributed by atoms with Crippen LogP contribution in [-0.2, 0) is 17.1 Å². The van der Waals surface area contributed by atoms with Gasteiger partial charge in [-0.05, 0) is 5.92 Å². The van der Waals surface area contributed by atoms with Crippen molar-refractivity contribution in [3.05, 3.63) is 112 Å². The fraction of sp³-hybridized carbons (Fsp3) is 0.0500. The van der Waals surface area contributed by atoms with Gasteiger partial charge >= 0.3 is 17.1 Å². The Bertz CT molecular complexity index is 653. The van der Waals surface area contributed by atoms with Crippen LogP contribution in [0.4, 0.5) is 0 Å². The van der Waals surface area contributed by atoms with Crippen LogP contribution in [0.1, 0.15) is 39.3 Å². The average molecular weight is 317 g/mol. The molecule has 0 radical (unpaired) electrons. The van der Waals surface area contributed by atoms with E-state index < -0.39 is 0 Å². The molecule has 21 heavy (non-hydrogen) atoms. The number of hydrogen-bond acceptors (Lipinski definition) is 0. The van der Waals surface area contributed by atoms with E-state index in [9.17, 15) is 0 Å². The van der Waals surface area contributed by atoms with Crippen molar-refractivity contribution in [1.29, 1.82) is 0 Å².